The van der Waals surface area contributed by atoms with Gasteiger partial charge in [0, 0.05) is 30.4 Å². The number of fused-ring (bicyclic) bond motifs is 1. The number of benzene rings is 2. The molecule has 1 saturated heterocycles. The second-order valence-corrected chi connectivity index (χ2v) is 10.9. The third-order valence-corrected chi connectivity index (χ3v) is 8.17. The molecule has 6 rings (SSSR count). The van der Waals surface area contributed by atoms with Crippen molar-refractivity contribution in [2.24, 2.45) is 0 Å². The molecule has 0 spiro atoms. The molecule has 37 heavy (non-hydrogen) atoms. The molecule has 2 atom stereocenters. The monoisotopic (exact) mass is 516 g/mol. The lowest BCUT2D eigenvalue weighted by Crippen LogP contribution is -2.36. The molecule has 1 saturated carbocycles. The van der Waals surface area contributed by atoms with Crippen molar-refractivity contribution in [3.8, 4) is 22.8 Å². The van der Waals surface area contributed by atoms with Gasteiger partial charge in [0.2, 0.25) is 0 Å². The summed E-state index contributed by atoms with van der Waals surface area (Å²) in [6.07, 6.45) is 8.21. The Kier molecular flexibility index (Phi) is 8.03. The first-order valence-corrected chi connectivity index (χ1v) is 13.8. The van der Waals surface area contributed by atoms with Gasteiger partial charge in [-0.25, -0.2) is 4.98 Å². The first-order valence-electron chi connectivity index (χ1n) is 13.0. The molecule has 0 radical (unpaired) electrons. The van der Waals surface area contributed by atoms with E-state index in [2.05, 4.69) is 39.5 Å². The molecular weight excluding hydrogens is 480 g/mol. The smallest absolute Gasteiger partial charge is 0.184 e. The molecule has 4 aromatic rings. The SMILES string of the molecule is C.O[C@@H]1CCCC[C@H]1Nc1nc2ccc(Oc3ccnc(-c4ccc(CN5CCCC5)cc4)c3)cc2s1. The standard InChI is InChI=1S/C29H32N4O2S.CH4/c34-27-6-2-1-5-24(27)31-29-32-25-12-11-22(18-28(25)36-29)35-23-13-14-30-26(17-23)21-9-7-20(8-10-21)19-33-15-3-4-16-33;/h7-14,17-18,24,27,34H,1-6,15-16,19H2,(H,31,32);1H4/t24-,27-;/m1./s1. The molecule has 0 amide bonds. The number of nitrogens with one attached hydrogen (secondary N) is 1. The summed E-state index contributed by atoms with van der Waals surface area (Å²) in [5.41, 5.74) is 4.27. The summed E-state index contributed by atoms with van der Waals surface area (Å²) in [4.78, 5) is 11.8. The molecular formula is C30H36N4O2S. The summed E-state index contributed by atoms with van der Waals surface area (Å²) < 4.78 is 7.27. The van der Waals surface area contributed by atoms with Crippen molar-refractivity contribution < 1.29 is 9.84 Å². The van der Waals surface area contributed by atoms with Gasteiger partial charge >= 0.3 is 0 Å². The Morgan fingerprint density at radius 1 is 0.946 bits per heavy atom. The normalized spacial score (nSPS) is 20.0. The number of hydrogen-bond acceptors (Lipinski definition) is 7. The van der Waals surface area contributed by atoms with E-state index in [1.54, 1.807) is 17.5 Å². The highest BCUT2D eigenvalue weighted by molar-refractivity contribution is 7.22. The molecule has 194 valence electrons. The molecule has 3 heterocycles. The number of pyridine rings is 1. The zero-order valence-electron chi connectivity index (χ0n) is 20.4. The van der Waals surface area contributed by atoms with Gasteiger partial charge in [0.25, 0.3) is 0 Å². The fourth-order valence-corrected chi connectivity index (χ4v) is 6.17. The fourth-order valence-electron chi connectivity index (χ4n) is 5.22. The molecule has 2 aliphatic rings. The zero-order chi connectivity index (χ0) is 24.3. The van der Waals surface area contributed by atoms with Crippen molar-refractivity contribution in [3.05, 3.63) is 66.4 Å². The molecule has 2 N–H and O–H groups in total. The highest BCUT2D eigenvalue weighted by atomic mass is 32.1. The molecule has 1 aliphatic carbocycles. The summed E-state index contributed by atoms with van der Waals surface area (Å²) >= 11 is 1.60. The van der Waals surface area contributed by atoms with Crippen molar-refractivity contribution in [1.82, 2.24) is 14.9 Å². The molecule has 6 nitrogen and oxygen atoms in total. The Hall–Kier alpha value is -3.00. The van der Waals surface area contributed by atoms with E-state index in [1.807, 2.05) is 30.3 Å². The number of rotatable bonds is 7. The summed E-state index contributed by atoms with van der Waals surface area (Å²) in [6.45, 7) is 3.43. The van der Waals surface area contributed by atoms with E-state index in [1.165, 1.54) is 31.5 Å². The minimum absolute atomic E-state index is 0. The van der Waals surface area contributed by atoms with Crippen LogP contribution in [0.3, 0.4) is 0 Å². The van der Waals surface area contributed by atoms with Crippen LogP contribution in [0.15, 0.2) is 60.8 Å². The maximum absolute atomic E-state index is 10.3. The average molecular weight is 517 g/mol. The summed E-state index contributed by atoms with van der Waals surface area (Å²) in [5, 5.41) is 14.6. The van der Waals surface area contributed by atoms with E-state index in [4.69, 9.17) is 9.72 Å². The number of aliphatic hydroxyl groups is 1. The van der Waals surface area contributed by atoms with Gasteiger partial charge in [0.1, 0.15) is 11.5 Å². The maximum Gasteiger partial charge on any atom is 0.184 e. The van der Waals surface area contributed by atoms with Crippen LogP contribution >= 0.6 is 11.3 Å². The van der Waals surface area contributed by atoms with Crippen LogP contribution in [0.1, 0.15) is 51.5 Å². The van der Waals surface area contributed by atoms with Crippen LogP contribution in [0, 0.1) is 0 Å². The van der Waals surface area contributed by atoms with E-state index in [9.17, 15) is 5.11 Å². The molecule has 2 aromatic heterocycles. The van der Waals surface area contributed by atoms with Gasteiger partial charge in [-0.15, -0.1) is 0 Å². The second kappa shape index (κ2) is 11.6. The number of aromatic nitrogens is 2. The van der Waals surface area contributed by atoms with Gasteiger partial charge in [-0.3, -0.25) is 9.88 Å². The van der Waals surface area contributed by atoms with Crippen molar-refractivity contribution >= 4 is 26.7 Å². The van der Waals surface area contributed by atoms with Crippen LogP contribution in [-0.2, 0) is 6.54 Å². The lowest BCUT2D eigenvalue weighted by atomic mass is 9.93. The summed E-state index contributed by atoms with van der Waals surface area (Å²) in [5.74, 6) is 1.53. The van der Waals surface area contributed by atoms with E-state index in [0.29, 0.717) is 0 Å². The van der Waals surface area contributed by atoms with Crippen LogP contribution in [0.25, 0.3) is 21.5 Å². The molecule has 0 bridgehead atoms. The van der Waals surface area contributed by atoms with Crippen LogP contribution in [0.5, 0.6) is 11.5 Å². The van der Waals surface area contributed by atoms with E-state index >= 15 is 0 Å². The topological polar surface area (TPSA) is 70.5 Å². The van der Waals surface area contributed by atoms with Crippen LogP contribution in [0.2, 0.25) is 0 Å². The highest BCUT2D eigenvalue weighted by Crippen LogP contribution is 2.33. The molecule has 0 unspecified atom stereocenters. The van der Waals surface area contributed by atoms with Crippen molar-refractivity contribution in [2.75, 3.05) is 18.4 Å². The largest absolute Gasteiger partial charge is 0.457 e. The number of aliphatic hydroxyl groups excluding tert-OH is 1. The maximum atomic E-state index is 10.3. The Labute approximate surface area is 223 Å². The number of thiazole rings is 1. The van der Waals surface area contributed by atoms with E-state index < -0.39 is 0 Å². The van der Waals surface area contributed by atoms with Crippen LogP contribution < -0.4 is 10.1 Å². The van der Waals surface area contributed by atoms with Crippen molar-refractivity contribution in [1.29, 1.82) is 0 Å². The minimum atomic E-state index is -0.299. The Morgan fingerprint density at radius 3 is 2.54 bits per heavy atom. The second-order valence-electron chi connectivity index (χ2n) is 9.91. The van der Waals surface area contributed by atoms with Gasteiger partial charge in [-0.2, -0.15) is 0 Å². The summed E-state index contributed by atoms with van der Waals surface area (Å²) in [7, 11) is 0. The number of anilines is 1. The van der Waals surface area contributed by atoms with Gasteiger partial charge < -0.3 is 15.2 Å². The predicted molar refractivity (Wildman–Crippen MR) is 152 cm³/mol. The molecule has 2 aromatic carbocycles. The van der Waals surface area contributed by atoms with Crippen molar-refractivity contribution in [3.63, 3.8) is 0 Å². The lowest BCUT2D eigenvalue weighted by Gasteiger charge is -2.27. The fraction of sp³-hybridized carbons (Fsp3) is 0.400. The van der Waals surface area contributed by atoms with Gasteiger partial charge in [0.15, 0.2) is 5.13 Å². The Balaban J connectivity index is 0.00000280. The lowest BCUT2D eigenvalue weighted by molar-refractivity contribution is 0.116. The first-order chi connectivity index (χ1) is 17.7. The van der Waals surface area contributed by atoms with E-state index in [0.717, 1.165) is 70.3 Å². The molecule has 2 fully saturated rings. The number of nitrogens with zero attached hydrogens (tertiary/aromatic N) is 3. The van der Waals surface area contributed by atoms with Gasteiger partial charge in [-0.05, 0) is 62.5 Å². The van der Waals surface area contributed by atoms with E-state index in [-0.39, 0.29) is 19.6 Å². The van der Waals surface area contributed by atoms with Crippen LogP contribution in [0.4, 0.5) is 5.13 Å². The number of hydrogen-bond donors (Lipinski definition) is 2. The highest BCUT2D eigenvalue weighted by Gasteiger charge is 2.23. The zero-order valence-corrected chi connectivity index (χ0v) is 21.2. The molecule has 7 heteroatoms. The Bertz CT molecular complexity index is 1320. The minimum Gasteiger partial charge on any atom is -0.457 e. The first kappa shape index (κ1) is 25.6. The summed E-state index contributed by atoms with van der Waals surface area (Å²) in [6, 6.07) is 18.7. The van der Waals surface area contributed by atoms with Gasteiger partial charge in [-0.1, -0.05) is 55.9 Å². The average Bonchev–Trinajstić information content (AvgIpc) is 3.55. The number of likely N-dealkylation sites (tertiary alicyclic amines) is 1. The quantitative estimate of drug-likeness (QED) is 0.273. The third-order valence-electron chi connectivity index (χ3n) is 7.22. The predicted octanol–water partition coefficient (Wildman–Crippen LogP) is 7.10. The van der Waals surface area contributed by atoms with Crippen LogP contribution in [-0.4, -0.2) is 45.2 Å². The Morgan fingerprint density at radius 2 is 1.73 bits per heavy atom. The number of ether oxygens (including phenoxy) is 1. The van der Waals surface area contributed by atoms with Gasteiger partial charge in [0.05, 0.1) is 28.1 Å². The third kappa shape index (κ3) is 6.12. The van der Waals surface area contributed by atoms with Crippen molar-refractivity contribution in [2.45, 2.75) is 64.6 Å². The molecule has 1 aliphatic heterocycles.